The Balaban J connectivity index is 1.49. The molecule has 0 saturated carbocycles. The molecule has 7 heteroatoms. The van der Waals surface area contributed by atoms with E-state index in [0.29, 0.717) is 17.7 Å². The number of guanidine groups is 1. The number of unbranched alkanes of at least 4 members (excludes halogenated alkanes) is 5. The van der Waals surface area contributed by atoms with Gasteiger partial charge in [-0.25, -0.2) is 0 Å². The van der Waals surface area contributed by atoms with Crippen molar-refractivity contribution in [3.05, 3.63) is 36.4 Å². The molecule has 160 valence electrons. The molecule has 0 radical (unpaired) electrons. The SMILES string of the molecule is CCCCCCCCn1ccc2ccc(-c3noc([C@@H]4CCC[N+]4=C(N)N)n3)cc21. The van der Waals surface area contributed by atoms with Crippen molar-refractivity contribution in [3.8, 4) is 11.4 Å². The van der Waals surface area contributed by atoms with Gasteiger partial charge in [-0.2, -0.15) is 4.98 Å². The molecule has 0 spiro atoms. The highest BCUT2D eigenvalue weighted by Gasteiger charge is 2.31. The predicted molar refractivity (Wildman–Crippen MR) is 119 cm³/mol. The van der Waals surface area contributed by atoms with Gasteiger partial charge >= 0.3 is 5.96 Å². The van der Waals surface area contributed by atoms with Gasteiger partial charge in [0.15, 0.2) is 6.04 Å². The largest absolute Gasteiger partial charge is 0.347 e. The number of nitrogens with zero attached hydrogens (tertiary/aromatic N) is 4. The van der Waals surface area contributed by atoms with Gasteiger partial charge in [0.25, 0.3) is 5.89 Å². The third kappa shape index (κ3) is 4.35. The van der Waals surface area contributed by atoms with E-state index in [9.17, 15) is 0 Å². The molecule has 4 rings (SSSR count). The molecule has 3 aromatic rings. The van der Waals surface area contributed by atoms with Crippen LogP contribution in [0.2, 0.25) is 0 Å². The van der Waals surface area contributed by atoms with Crippen molar-refractivity contribution in [3.63, 3.8) is 0 Å². The molecule has 1 aliphatic heterocycles. The summed E-state index contributed by atoms with van der Waals surface area (Å²) in [6, 6.07) is 8.50. The Kier molecular flexibility index (Phi) is 6.35. The molecule has 0 amide bonds. The number of aryl methyl sites for hydroxylation is 1. The molecule has 0 aliphatic carbocycles. The van der Waals surface area contributed by atoms with Crippen LogP contribution in [0.1, 0.15) is 70.2 Å². The maximum Gasteiger partial charge on any atom is 0.341 e. The van der Waals surface area contributed by atoms with Gasteiger partial charge in [-0.1, -0.05) is 56.3 Å². The standard InChI is InChI=1S/C23H32N6O/c1-2-3-4-5-6-7-13-28-15-12-17-10-11-18(16-20(17)28)21-26-22(30-27-21)19-9-8-14-29(19)23(24)25/h10-12,15-16,19H,2-9,13-14H2,1H3,(H3,24,25)/p+1/t19-/m0/s1. The van der Waals surface area contributed by atoms with E-state index in [1.54, 1.807) is 0 Å². The predicted octanol–water partition coefficient (Wildman–Crippen LogP) is 4.17. The fourth-order valence-corrected chi connectivity index (χ4v) is 4.40. The lowest BCUT2D eigenvalue weighted by Crippen LogP contribution is -2.35. The Morgan fingerprint density at radius 3 is 2.83 bits per heavy atom. The highest BCUT2D eigenvalue weighted by atomic mass is 16.5. The Morgan fingerprint density at radius 2 is 2.00 bits per heavy atom. The van der Waals surface area contributed by atoms with Gasteiger partial charge in [0.2, 0.25) is 5.82 Å². The van der Waals surface area contributed by atoms with Crippen LogP contribution in [0.25, 0.3) is 22.3 Å². The highest BCUT2D eigenvalue weighted by Crippen LogP contribution is 2.30. The number of hydrogen-bond acceptors (Lipinski definition) is 3. The van der Waals surface area contributed by atoms with Crippen molar-refractivity contribution in [2.75, 3.05) is 6.54 Å². The number of aromatic nitrogens is 3. The Morgan fingerprint density at radius 1 is 1.17 bits per heavy atom. The molecule has 2 aromatic heterocycles. The molecular weight excluding hydrogens is 376 g/mol. The summed E-state index contributed by atoms with van der Waals surface area (Å²) in [7, 11) is 0. The van der Waals surface area contributed by atoms with Gasteiger partial charge in [0.05, 0.1) is 6.54 Å². The summed E-state index contributed by atoms with van der Waals surface area (Å²) in [5.74, 6) is 1.51. The fourth-order valence-electron chi connectivity index (χ4n) is 4.40. The first-order valence-electron chi connectivity index (χ1n) is 11.2. The smallest absolute Gasteiger partial charge is 0.341 e. The molecule has 3 heterocycles. The van der Waals surface area contributed by atoms with Crippen molar-refractivity contribution < 1.29 is 9.10 Å². The van der Waals surface area contributed by atoms with Crippen molar-refractivity contribution in [1.29, 1.82) is 0 Å². The third-order valence-corrected chi connectivity index (χ3v) is 6.10. The Labute approximate surface area is 177 Å². The average molecular weight is 410 g/mol. The van der Waals surface area contributed by atoms with Crippen LogP contribution in [0.5, 0.6) is 0 Å². The summed E-state index contributed by atoms with van der Waals surface area (Å²) in [5.41, 5.74) is 13.8. The van der Waals surface area contributed by atoms with E-state index in [1.165, 1.54) is 49.4 Å². The second-order valence-electron chi connectivity index (χ2n) is 8.28. The van der Waals surface area contributed by atoms with Crippen molar-refractivity contribution in [2.24, 2.45) is 11.5 Å². The van der Waals surface area contributed by atoms with E-state index in [2.05, 4.69) is 52.1 Å². The minimum Gasteiger partial charge on any atom is -0.347 e. The maximum atomic E-state index is 5.81. The van der Waals surface area contributed by atoms with Crippen LogP contribution in [-0.4, -0.2) is 31.8 Å². The molecule has 4 N–H and O–H groups in total. The quantitative estimate of drug-likeness (QED) is 0.314. The van der Waals surface area contributed by atoms with Crippen molar-refractivity contribution in [1.82, 2.24) is 14.7 Å². The van der Waals surface area contributed by atoms with Gasteiger partial charge in [-0.05, 0) is 36.8 Å². The molecule has 1 atom stereocenters. The zero-order valence-corrected chi connectivity index (χ0v) is 17.9. The summed E-state index contributed by atoms with van der Waals surface area (Å²) in [4.78, 5) is 4.67. The van der Waals surface area contributed by atoms with Gasteiger partial charge < -0.3 is 9.09 Å². The lowest BCUT2D eigenvalue weighted by Gasteiger charge is -2.07. The monoisotopic (exact) mass is 409 g/mol. The molecule has 1 aromatic carbocycles. The van der Waals surface area contributed by atoms with Crippen LogP contribution in [0, 0.1) is 0 Å². The van der Waals surface area contributed by atoms with Crippen LogP contribution in [0.4, 0.5) is 0 Å². The summed E-state index contributed by atoms with van der Waals surface area (Å²) in [5, 5.41) is 5.47. The van der Waals surface area contributed by atoms with Crippen LogP contribution >= 0.6 is 0 Å². The second kappa shape index (κ2) is 9.32. The normalized spacial score (nSPS) is 16.6. The molecule has 1 aliphatic rings. The first kappa shape index (κ1) is 20.4. The van der Waals surface area contributed by atoms with Gasteiger partial charge in [0.1, 0.15) is 0 Å². The number of rotatable bonds is 9. The van der Waals surface area contributed by atoms with Crippen LogP contribution in [-0.2, 0) is 6.54 Å². The zero-order valence-electron chi connectivity index (χ0n) is 17.9. The summed E-state index contributed by atoms with van der Waals surface area (Å²) in [6.45, 7) is 4.12. The third-order valence-electron chi connectivity index (χ3n) is 6.10. The number of fused-ring (bicyclic) bond motifs is 1. The van der Waals surface area contributed by atoms with E-state index < -0.39 is 0 Å². The average Bonchev–Trinajstić information content (AvgIpc) is 3.49. The minimum atomic E-state index is -0.0310. The molecule has 7 nitrogen and oxygen atoms in total. The second-order valence-corrected chi connectivity index (χ2v) is 8.28. The molecule has 30 heavy (non-hydrogen) atoms. The highest BCUT2D eigenvalue weighted by molar-refractivity contribution is 5.84. The maximum absolute atomic E-state index is 5.81. The lowest BCUT2D eigenvalue weighted by atomic mass is 10.1. The Bertz CT molecular complexity index is 1010. The molecular formula is C23H33N6O+. The van der Waals surface area contributed by atoms with E-state index >= 15 is 0 Å². The van der Waals surface area contributed by atoms with E-state index in [0.717, 1.165) is 31.5 Å². The van der Waals surface area contributed by atoms with E-state index in [4.69, 9.17) is 16.0 Å². The topological polar surface area (TPSA) is 98.9 Å². The number of hydrogen-bond donors (Lipinski definition) is 2. The summed E-state index contributed by atoms with van der Waals surface area (Å²) in [6.07, 6.45) is 11.9. The number of benzene rings is 1. The van der Waals surface area contributed by atoms with Gasteiger partial charge in [0, 0.05) is 23.8 Å². The fraction of sp³-hybridized carbons (Fsp3) is 0.522. The van der Waals surface area contributed by atoms with Gasteiger partial charge in [-0.15, -0.1) is 0 Å². The summed E-state index contributed by atoms with van der Waals surface area (Å²) < 4.78 is 9.86. The minimum absolute atomic E-state index is 0.0310. The Hall–Kier alpha value is -2.83. The zero-order chi connectivity index (χ0) is 20.9. The first-order valence-corrected chi connectivity index (χ1v) is 11.2. The molecule has 1 saturated heterocycles. The molecule has 0 unspecified atom stereocenters. The van der Waals surface area contributed by atoms with Crippen LogP contribution in [0.3, 0.4) is 0 Å². The summed E-state index contributed by atoms with van der Waals surface area (Å²) >= 11 is 0. The van der Waals surface area contributed by atoms with Crippen LogP contribution in [0.15, 0.2) is 35.0 Å². The van der Waals surface area contributed by atoms with E-state index in [-0.39, 0.29) is 6.04 Å². The molecule has 1 fully saturated rings. The van der Waals surface area contributed by atoms with Crippen LogP contribution < -0.4 is 11.5 Å². The molecule has 0 bridgehead atoms. The van der Waals surface area contributed by atoms with E-state index in [1.807, 2.05) is 4.58 Å². The first-order chi connectivity index (χ1) is 14.7. The van der Waals surface area contributed by atoms with Crippen molar-refractivity contribution in [2.45, 2.75) is 70.9 Å². The van der Waals surface area contributed by atoms with Crippen molar-refractivity contribution >= 4 is 16.9 Å². The number of nitrogens with two attached hydrogens (primary N) is 2. The van der Waals surface area contributed by atoms with Gasteiger partial charge in [-0.3, -0.25) is 16.0 Å². The lowest BCUT2D eigenvalue weighted by molar-refractivity contribution is -0.555.